The first kappa shape index (κ1) is 31.3. The van der Waals surface area contributed by atoms with Crippen LogP contribution in [0.3, 0.4) is 0 Å². The number of amides is 2. The second kappa shape index (κ2) is 13.8. The van der Waals surface area contributed by atoms with Gasteiger partial charge >= 0.3 is 5.97 Å². The molecule has 2 heterocycles. The van der Waals surface area contributed by atoms with E-state index >= 15 is 0 Å². The molecule has 2 aliphatic rings. The molecule has 1 fully saturated rings. The normalized spacial score (nSPS) is 26.1. The van der Waals surface area contributed by atoms with Crippen molar-refractivity contribution >= 4 is 17.8 Å². The van der Waals surface area contributed by atoms with Crippen molar-refractivity contribution in [1.29, 1.82) is 0 Å². The van der Waals surface area contributed by atoms with E-state index in [2.05, 4.69) is 46.9 Å². The molecule has 212 valence electrons. The smallest absolute Gasteiger partial charge is 0.320 e. The first-order valence-electron chi connectivity index (χ1n) is 14.4. The number of hydrogen-bond donors (Lipinski definition) is 1. The second-order valence-electron chi connectivity index (χ2n) is 12.5. The number of carbonyl (C=O) groups excluding carboxylic acids is 3. The summed E-state index contributed by atoms with van der Waals surface area (Å²) in [7, 11) is 1.39. The molecule has 1 saturated heterocycles. The molecule has 0 aromatic heterocycles. The van der Waals surface area contributed by atoms with Crippen LogP contribution >= 0.6 is 0 Å². The highest BCUT2D eigenvalue weighted by molar-refractivity contribution is 5.92. The van der Waals surface area contributed by atoms with E-state index in [-0.39, 0.29) is 36.2 Å². The lowest BCUT2D eigenvalue weighted by atomic mass is 9.65. The molecule has 0 spiro atoms. The van der Waals surface area contributed by atoms with Crippen molar-refractivity contribution < 1.29 is 23.9 Å². The lowest BCUT2D eigenvalue weighted by Gasteiger charge is -2.53. The number of unbranched alkanes of at least 4 members (excludes halogenated alkanes) is 5. The summed E-state index contributed by atoms with van der Waals surface area (Å²) in [5.74, 6) is -0.740. The quantitative estimate of drug-likeness (QED) is 0.251. The number of piperidine rings is 1. The van der Waals surface area contributed by atoms with Gasteiger partial charge in [0.1, 0.15) is 5.41 Å². The fourth-order valence-electron chi connectivity index (χ4n) is 5.52. The second-order valence-corrected chi connectivity index (χ2v) is 12.5. The lowest BCUT2D eigenvalue weighted by molar-refractivity contribution is -0.180. The Hall–Kier alpha value is -1.89. The molecule has 1 N–H and O–H groups in total. The molecule has 2 rings (SSSR count). The molecule has 2 amide bonds. The number of hydrogen-bond acceptors (Lipinski definition) is 5. The fourth-order valence-corrected chi connectivity index (χ4v) is 5.52. The molecule has 0 saturated carbocycles. The van der Waals surface area contributed by atoms with Crippen LogP contribution in [0.2, 0.25) is 0 Å². The third-order valence-corrected chi connectivity index (χ3v) is 7.90. The van der Waals surface area contributed by atoms with E-state index in [0.29, 0.717) is 24.7 Å². The number of carbonyl (C=O) groups is 3. The van der Waals surface area contributed by atoms with Crippen molar-refractivity contribution in [2.45, 2.75) is 118 Å². The van der Waals surface area contributed by atoms with E-state index in [4.69, 9.17) is 9.47 Å². The van der Waals surface area contributed by atoms with Gasteiger partial charge < -0.3 is 19.7 Å². The van der Waals surface area contributed by atoms with Gasteiger partial charge in [-0.2, -0.15) is 0 Å². The van der Waals surface area contributed by atoms with Crippen LogP contribution in [-0.4, -0.2) is 55.1 Å². The largest absolute Gasteiger partial charge is 0.468 e. The summed E-state index contributed by atoms with van der Waals surface area (Å²) in [6.45, 7) is 15.7. The molecule has 0 aromatic rings. The predicted molar refractivity (Wildman–Crippen MR) is 147 cm³/mol. The van der Waals surface area contributed by atoms with E-state index in [1.807, 2.05) is 13.0 Å². The van der Waals surface area contributed by atoms with E-state index in [0.717, 1.165) is 25.7 Å². The zero-order valence-electron chi connectivity index (χ0n) is 24.7. The summed E-state index contributed by atoms with van der Waals surface area (Å²) in [6.07, 6.45) is 9.00. The number of ether oxygens (including phenoxy) is 2. The van der Waals surface area contributed by atoms with Crippen molar-refractivity contribution in [3.63, 3.8) is 0 Å². The van der Waals surface area contributed by atoms with Crippen molar-refractivity contribution in [2.75, 3.05) is 20.2 Å². The molecule has 0 bridgehead atoms. The highest BCUT2D eigenvalue weighted by Gasteiger charge is 2.60. The molecule has 0 aliphatic carbocycles. The zero-order chi connectivity index (χ0) is 27.8. The van der Waals surface area contributed by atoms with Crippen LogP contribution in [0.5, 0.6) is 0 Å². The number of fused-ring (bicyclic) bond motifs is 1. The molecule has 4 atom stereocenters. The third kappa shape index (κ3) is 7.81. The van der Waals surface area contributed by atoms with Gasteiger partial charge in [0, 0.05) is 31.1 Å². The monoisotopic (exact) mass is 520 g/mol. The summed E-state index contributed by atoms with van der Waals surface area (Å²) >= 11 is 0. The molecular weight excluding hydrogens is 468 g/mol. The number of esters is 1. The number of likely N-dealkylation sites (tertiary alicyclic amines) is 1. The van der Waals surface area contributed by atoms with Gasteiger partial charge in [-0.05, 0) is 43.6 Å². The van der Waals surface area contributed by atoms with E-state index in [1.54, 1.807) is 4.90 Å². The summed E-state index contributed by atoms with van der Waals surface area (Å²) in [6, 6.07) is 0. The fraction of sp³-hybridized carbons (Fsp3) is 0.833. The van der Waals surface area contributed by atoms with Crippen molar-refractivity contribution in [1.82, 2.24) is 10.2 Å². The first-order valence-corrected chi connectivity index (χ1v) is 14.4. The third-order valence-electron chi connectivity index (χ3n) is 7.90. The number of nitrogens with one attached hydrogen (secondary N) is 1. The molecular formula is C30H52N2O5. The standard InChI is InChI=1S/C30H52N2O5/c1-9-10-11-12-13-14-17-32-24-19-25(29(5,6)7)37-22(4)30(24,28(35)36-8)20-23(27(32)34)18-26(33)31-16-15-21(2)3/h19,21-23,25H,9-18,20H2,1-8H3,(H,31,33)/t22-,23+,25-,30+/m1/s1. The maximum atomic E-state index is 13.9. The molecule has 0 radical (unpaired) electrons. The van der Waals surface area contributed by atoms with Crippen LogP contribution < -0.4 is 5.32 Å². The Morgan fingerprint density at radius 3 is 2.43 bits per heavy atom. The molecule has 37 heavy (non-hydrogen) atoms. The molecule has 7 nitrogen and oxygen atoms in total. The SMILES string of the molecule is CCCCCCCCN1C(=O)[C@@H](CC(=O)NCCC(C)C)C[C@@]2(C(=O)OC)C1=C[C@H](C(C)(C)C)O[C@@H]2C. The number of rotatable bonds is 13. The Labute approximate surface area is 225 Å². The lowest BCUT2D eigenvalue weighted by Crippen LogP contribution is -2.61. The van der Waals surface area contributed by atoms with Gasteiger partial charge in [-0.3, -0.25) is 14.4 Å². The Balaban J connectivity index is 2.39. The molecule has 7 heteroatoms. The predicted octanol–water partition coefficient (Wildman–Crippen LogP) is 5.62. The number of methoxy groups -OCH3 is 1. The van der Waals surface area contributed by atoms with Crippen molar-refractivity contribution in [2.24, 2.45) is 22.7 Å². The van der Waals surface area contributed by atoms with E-state index in [9.17, 15) is 14.4 Å². The van der Waals surface area contributed by atoms with Crippen LogP contribution in [0.4, 0.5) is 0 Å². The maximum Gasteiger partial charge on any atom is 0.320 e. The molecule has 0 unspecified atom stereocenters. The van der Waals surface area contributed by atoms with Crippen LogP contribution in [-0.2, 0) is 23.9 Å². The van der Waals surface area contributed by atoms with Gasteiger partial charge in [-0.15, -0.1) is 0 Å². The van der Waals surface area contributed by atoms with Gasteiger partial charge in [0.15, 0.2) is 0 Å². The molecule has 0 aromatic carbocycles. The highest BCUT2D eigenvalue weighted by atomic mass is 16.5. The van der Waals surface area contributed by atoms with Gasteiger partial charge in [0.05, 0.1) is 19.3 Å². The summed E-state index contributed by atoms with van der Waals surface area (Å²) in [5, 5.41) is 2.96. The number of nitrogens with zero attached hydrogens (tertiary/aromatic N) is 1. The van der Waals surface area contributed by atoms with Gasteiger partial charge in [0.2, 0.25) is 11.8 Å². The highest BCUT2D eigenvalue weighted by Crippen LogP contribution is 2.51. The summed E-state index contributed by atoms with van der Waals surface area (Å²) < 4.78 is 11.8. The first-order chi connectivity index (χ1) is 17.4. The van der Waals surface area contributed by atoms with Crippen LogP contribution in [0.25, 0.3) is 0 Å². The minimum absolute atomic E-state index is 0.0609. The average molecular weight is 521 g/mol. The minimum Gasteiger partial charge on any atom is -0.468 e. The molecule has 2 aliphatic heterocycles. The summed E-state index contributed by atoms with van der Waals surface area (Å²) in [5.41, 5.74) is -0.616. The van der Waals surface area contributed by atoms with Crippen molar-refractivity contribution in [3.8, 4) is 0 Å². The van der Waals surface area contributed by atoms with Crippen LogP contribution in [0, 0.1) is 22.7 Å². The van der Waals surface area contributed by atoms with Crippen LogP contribution in [0.1, 0.15) is 106 Å². The van der Waals surface area contributed by atoms with E-state index in [1.165, 1.54) is 26.4 Å². The van der Waals surface area contributed by atoms with Gasteiger partial charge in [-0.1, -0.05) is 73.6 Å². The Morgan fingerprint density at radius 2 is 1.84 bits per heavy atom. The average Bonchev–Trinajstić information content (AvgIpc) is 2.82. The topological polar surface area (TPSA) is 84.9 Å². The van der Waals surface area contributed by atoms with Gasteiger partial charge in [0.25, 0.3) is 0 Å². The Kier molecular flexibility index (Phi) is 11.7. The van der Waals surface area contributed by atoms with Gasteiger partial charge in [-0.25, -0.2) is 0 Å². The Bertz CT molecular complexity index is 815. The maximum absolute atomic E-state index is 13.9. The van der Waals surface area contributed by atoms with Crippen molar-refractivity contribution in [3.05, 3.63) is 11.8 Å². The summed E-state index contributed by atoms with van der Waals surface area (Å²) in [4.78, 5) is 42.0. The van der Waals surface area contributed by atoms with Crippen LogP contribution in [0.15, 0.2) is 11.8 Å². The Morgan fingerprint density at radius 1 is 1.19 bits per heavy atom. The zero-order valence-corrected chi connectivity index (χ0v) is 24.7. The van der Waals surface area contributed by atoms with E-state index < -0.39 is 23.4 Å². The minimum atomic E-state index is -1.12.